The first kappa shape index (κ1) is 14.5. The highest BCUT2D eigenvalue weighted by Gasteiger charge is 2.11. The van der Waals surface area contributed by atoms with Gasteiger partial charge in [-0.05, 0) is 25.1 Å². The van der Waals surface area contributed by atoms with E-state index < -0.39 is 17.0 Å². The number of rotatable bonds is 6. The first-order valence-electron chi connectivity index (χ1n) is 5.39. The van der Waals surface area contributed by atoms with E-state index in [4.69, 9.17) is 5.11 Å². The molecule has 0 saturated heterocycles. The SMILES string of the molecule is CC(SCCC(=O)Nc1cccc(F)c1)C(=O)O. The molecule has 1 atom stereocenters. The van der Waals surface area contributed by atoms with Crippen molar-refractivity contribution in [2.24, 2.45) is 0 Å². The summed E-state index contributed by atoms with van der Waals surface area (Å²) >= 11 is 1.19. The quantitative estimate of drug-likeness (QED) is 0.833. The fourth-order valence-electron chi connectivity index (χ4n) is 1.19. The maximum Gasteiger partial charge on any atom is 0.316 e. The van der Waals surface area contributed by atoms with Crippen LogP contribution in [0.1, 0.15) is 13.3 Å². The Morgan fingerprint density at radius 3 is 2.83 bits per heavy atom. The van der Waals surface area contributed by atoms with Crippen molar-refractivity contribution in [2.75, 3.05) is 11.1 Å². The van der Waals surface area contributed by atoms with Crippen molar-refractivity contribution >= 4 is 29.3 Å². The Morgan fingerprint density at radius 2 is 2.22 bits per heavy atom. The summed E-state index contributed by atoms with van der Waals surface area (Å²) in [5, 5.41) is 10.7. The van der Waals surface area contributed by atoms with Gasteiger partial charge in [-0.15, -0.1) is 11.8 Å². The Labute approximate surface area is 109 Å². The number of amides is 1. The van der Waals surface area contributed by atoms with Gasteiger partial charge in [-0.25, -0.2) is 4.39 Å². The summed E-state index contributed by atoms with van der Waals surface area (Å²) in [6.07, 6.45) is 0.193. The van der Waals surface area contributed by atoms with E-state index in [1.54, 1.807) is 13.0 Å². The third kappa shape index (κ3) is 5.18. The van der Waals surface area contributed by atoms with Gasteiger partial charge in [0.25, 0.3) is 0 Å². The van der Waals surface area contributed by atoms with Crippen molar-refractivity contribution in [3.8, 4) is 0 Å². The summed E-state index contributed by atoms with van der Waals surface area (Å²) in [5.74, 6) is -1.16. The minimum Gasteiger partial charge on any atom is -0.480 e. The van der Waals surface area contributed by atoms with Gasteiger partial charge in [0, 0.05) is 17.9 Å². The van der Waals surface area contributed by atoms with E-state index in [-0.39, 0.29) is 12.3 Å². The average molecular weight is 271 g/mol. The molecule has 0 heterocycles. The molecule has 1 aromatic carbocycles. The second-order valence-corrected chi connectivity index (χ2v) is 5.11. The van der Waals surface area contributed by atoms with Crippen LogP contribution in [0, 0.1) is 5.82 Å². The number of hydrogen-bond donors (Lipinski definition) is 2. The van der Waals surface area contributed by atoms with Crippen LogP contribution < -0.4 is 5.32 Å². The molecule has 0 aromatic heterocycles. The number of hydrogen-bond acceptors (Lipinski definition) is 3. The average Bonchev–Trinajstić information content (AvgIpc) is 2.28. The van der Waals surface area contributed by atoms with Crippen LogP contribution in [-0.4, -0.2) is 28.0 Å². The normalized spacial score (nSPS) is 11.9. The van der Waals surface area contributed by atoms with E-state index in [0.717, 1.165) is 0 Å². The van der Waals surface area contributed by atoms with Crippen molar-refractivity contribution in [3.63, 3.8) is 0 Å². The molecule has 1 amide bonds. The molecule has 1 unspecified atom stereocenters. The fourth-order valence-corrected chi connectivity index (χ4v) is 1.99. The first-order valence-corrected chi connectivity index (χ1v) is 6.43. The molecule has 0 saturated carbocycles. The topological polar surface area (TPSA) is 66.4 Å². The van der Waals surface area contributed by atoms with Crippen LogP contribution in [0.4, 0.5) is 10.1 Å². The molecule has 0 aliphatic heterocycles. The molecule has 98 valence electrons. The maximum absolute atomic E-state index is 12.8. The molecule has 2 N–H and O–H groups in total. The van der Waals surface area contributed by atoms with E-state index in [9.17, 15) is 14.0 Å². The number of carbonyl (C=O) groups excluding carboxylic acids is 1. The van der Waals surface area contributed by atoms with E-state index in [1.165, 1.54) is 30.0 Å². The molecule has 0 fully saturated rings. The summed E-state index contributed by atoms with van der Waals surface area (Å²) < 4.78 is 12.8. The number of benzene rings is 1. The first-order chi connectivity index (χ1) is 8.49. The second kappa shape index (κ2) is 7.00. The predicted molar refractivity (Wildman–Crippen MR) is 69.2 cm³/mol. The number of halogens is 1. The zero-order valence-corrected chi connectivity index (χ0v) is 10.7. The summed E-state index contributed by atoms with van der Waals surface area (Å²) in [4.78, 5) is 22.0. The third-order valence-electron chi connectivity index (χ3n) is 2.15. The zero-order valence-electron chi connectivity index (χ0n) is 9.85. The Morgan fingerprint density at radius 1 is 1.50 bits per heavy atom. The van der Waals surface area contributed by atoms with Gasteiger partial charge >= 0.3 is 5.97 Å². The highest BCUT2D eigenvalue weighted by molar-refractivity contribution is 8.00. The van der Waals surface area contributed by atoms with Gasteiger partial charge in [-0.1, -0.05) is 6.07 Å². The molecular weight excluding hydrogens is 257 g/mol. The molecule has 6 heteroatoms. The third-order valence-corrected chi connectivity index (χ3v) is 3.29. The van der Waals surface area contributed by atoms with Gasteiger partial charge in [-0.2, -0.15) is 0 Å². The van der Waals surface area contributed by atoms with Gasteiger partial charge in [0.15, 0.2) is 0 Å². The van der Waals surface area contributed by atoms with Crippen LogP contribution >= 0.6 is 11.8 Å². The van der Waals surface area contributed by atoms with Gasteiger partial charge in [-0.3, -0.25) is 9.59 Å². The lowest BCUT2D eigenvalue weighted by atomic mass is 10.3. The van der Waals surface area contributed by atoms with Crippen LogP contribution in [-0.2, 0) is 9.59 Å². The van der Waals surface area contributed by atoms with E-state index in [1.807, 2.05) is 0 Å². The molecule has 1 rings (SSSR count). The van der Waals surface area contributed by atoms with Crippen molar-refractivity contribution in [1.29, 1.82) is 0 Å². The summed E-state index contributed by atoms with van der Waals surface area (Å²) in [7, 11) is 0. The molecule has 18 heavy (non-hydrogen) atoms. The highest BCUT2D eigenvalue weighted by atomic mass is 32.2. The van der Waals surface area contributed by atoms with Gasteiger partial charge < -0.3 is 10.4 Å². The Bertz CT molecular complexity index is 439. The molecule has 1 aromatic rings. The lowest BCUT2D eigenvalue weighted by Gasteiger charge is -2.07. The Kier molecular flexibility index (Phi) is 5.64. The van der Waals surface area contributed by atoms with Crippen molar-refractivity contribution < 1.29 is 19.1 Å². The Hall–Kier alpha value is -1.56. The fraction of sp³-hybridized carbons (Fsp3) is 0.333. The summed E-state index contributed by atoms with van der Waals surface area (Å²) in [5.41, 5.74) is 0.399. The molecular formula is C12H14FNO3S. The Balaban J connectivity index is 2.32. The number of anilines is 1. The molecule has 0 radical (unpaired) electrons. The lowest BCUT2D eigenvalue weighted by molar-refractivity contribution is -0.136. The van der Waals surface area contributed by atoms with Gasteiger partial charge in [0.05, 0.1) is 5.25 Å². The minimum atomic E-state index is -0.898. The van der Waals surface area contributed by atoms with Crippen LogP contribution in [0.2, 0.25) is 0 Å². The standard InChI is InChI=1S/C12H14FNO3S/c1-8(12(16)17)18-6-5-11(15)14-10-4-2-3-9(13)7-10/h2-4,7-8H,5-6H2,1H3,(H,14,15)(H,16,17). The van der Waals surface area contributed by atoms with E-state index >= 15 is 0 Å². The van der Waals surface area contributed by atoms with Gasteiger partial charge in [0.2, 0.25) is 5.91 Å². The van der Waals surface area contributed by atoms with E-state index in [0.29, 0.717) is 11.4 Å². The lowest BCUT2D eigenvalue weighted by Crippen LogP contribution is -2.16. The van der Waals surface area contributed by atoms with Crippen molar-refractivity contribution in [1.82, 2.24) is 0 Å². The van der Waals surface area contributed by atoms with Gasteiger partial charge in [0.1, 0.15) is 5.82 Å². The molecule has 0 aliphatic rings. The van der Waals surface area contributed by atoms with Crippen LogP contribution in [0.15, 0.2) is 24.3 Å². The highest BCUT2D eigenvalue weighted by Crippen LogP contribution is 2.13. The number of carboxylic acid groups (broad SMARTS) is 1. The van der Waals surface area contributed by atoms with E-state index in [2.05, 4.69) is 5.32 Å². The largest absolute Gasteiger partial charge is 0.480 e. The monoisotopic (exact) mass is 271 g/mol. The van der Waals surface area contributed by atoms with Crippen LogP contribution in [0.5, 0.6) is 0 Å². The summed E-state index contributed by atoms with van der Waals surface area (Å²) in [6.45, 7) is 1.57. The van der Waals surface area contributed by atoms with Crippen LogP contribution in [0.25, 0.3) is 0 Å². The van der Waals surface area contributed by atoms with Crippen molar-refractivity contribution in [2.45, 2.75) is 18.6 Å². The smallest absolute Gasteiger partial charge is 0.316 e. The van der Waals surface area contributed by atoms with Crippen LogP contribution in [0.3, 0.4) is 0 Å². The number of carboxylic acids is 1. The zero-order chi connectivity index (χ0) is 13.5. The molecule has 0 bridgehead atoms. The number of thioether (sulfide) groups is 1. The molecule has 0 aliphatic carbocycles. The van der Waals surface area contributed by atoms with Crippen molar-refractivity contribution in [3.05, 3.63) is 30.1 Å². The summed E-state index contributed by atoms with van der Waals surface area (Å²) in [6, 6.07) is 5.62. The second-order valence-electron chi connectivity index (χ2n) is 3.66. The molecule has 0 spiro atoms. The number of nitrogens with one attached hydrogen (secondary N) is 1. The number of aliphatic carboxylic acids is 1. The molecule has 4 nitrogen and oxygen atoms in total. The predicted octanol–water partition coefficient (Wildman–Crippen LogP) is 2.36. The minimum absolute atomic E-state index is 0.193. The maximum atomic E-state index is 12.8. The number of carbonyl (C=O) groups is 2.